The number of hydrogen-bond acceptors (Lipinski definition) is 4. The summed E-state index contributed by atoms with van der Waals surface area (Å²) in [5.41, 5.74) is 5.26. The number of rotatable bonds is 8. The highest BCUT2D eigenvalue weighted by Crippen LogP contribution is 2.21. The van der Waals surface area contributed by atoms with Crippen LogP contribution in [0.1, 0.15) is 12.8 Å². The van der Waals surface area contributed by atoms with E-state index in [1.165, 1.54) is 24.3 Å². The van der Waals surface area contributed by atoms with Crippen molar-refractivity contribution in [3.63, 3.8) is 0 Å². The van der Waals surface area contributed by atoms with Crippen molar-refractivity contribution in [2.75, 3.05) is 19.7 Å². The van der Waals surface area contributed by atoms with E-state index in [2.05, 4.69) is 4.72 Å². The molecule has 0 aliphatic carbocycles. The number of nitrogens with two attached hydrogens (primary N) is 1. The molecule has 0 amide bonds. The highest BCUT2D eigenvalue weighted by molar-refractivity contribution is 7.89. The van der Waals surface area contributed by atoms with Crippen LogP contribution in [0.15, 0.2) is 29.2 Å². The first-order valence-corrected chi connectivity index (χ1v) is 7.72. The van der Waals surface area contributed by atoms with Crippen LogP contribution in [0, 0.1) is 0 Å². The second-order valence-corrected chi connectivity index (χ2v) is 5.99. The first-order valence-electron chi connectivity index (χ1n) is 6.24. The van der Waals surface area contributed by atoms with Crippen molar-refractivity contribution in [2.45, 2.75) is 23.9 Å². The molecule has 1 rings (SSSR count). The van der Waals surface area contributed by atoms with Gasteiger partial charge in [0, 0.05) is 19.5 Å². The fourth-order valence-electron chi connectivity index (χ4n) is 1.47. The Morgan fingerprint density at radius 1 is 1.19 bits per heavy atom. The number of ether oxygens (including phenoxy) is 1. The zero-order valence-electron chi connectivity index (χ0n) is 11.2. The maximum Gasteiger partial charge on any atom is 0.389 e. The number of sulfonamides is 1. The van der Waals surface area contributed by atoms with Crippen LogP contribution in [0.2, 0.25) is 0 Å². The summed E-state index contributed by atoms with van der Waals surface area (Å²) in [6, 6.07) is 5.55. The van der Waals surface area contributed by atoms with E-state index >= 15 is 0 Å². The average molecular weight is 326 g/mol. The van der Waals surface area contributed by atoms with Gasteiger partial charge >= 0.3 is 6.18 Å². The maximum absolute atomic E-state index is 11.9. The topological polar surface area (TPSA) is 81.4 Å². The summed E-state index contributed by atoms with van der Waals surface area (Å²) in [5.74, 6) is 0.469. The zero-order valence-corrected chi connectivity index (χ0v) is 12.0. The molecule has 0 spiro atoms. The van der Waals surface area contributed by atoms with Crippen molar-refractivity contribution >= 4 is 10.0 Å². The Morgan fingerprint density at radius 3 is 2.33 bits per heavy atom. The van der Waals surface area contributed by atoms with Crippen LogP contribution in [0.3, 0.4) is 0 Å². The highest BCUT2D eigenvalue weighted by atomic mass is 32.2. The van der Waals surface area contributed by atoms with E-state index in [1.807, 2.05) is 0 Å². The first kappa shape index (κ1) is 17.7. The molecule has 0 aliphatic heterocycles. The molecule has 0 saturated heterocycles. The van der Waals surface area contributed by atoms with Crippen molar-refractivity contribution in [2.24, 2.45) is 5.73 Å². The van der Waals surface area contributed by atoms with Crippen LogP contribution in [0.5, 0.6) is 5.75 Å². The van der Waals surface area contributed by atoms with Gasteiger partial charge in [0.05, 0.1) is 4.90 Å². The van der Waals surface area contributed by atoms with E-state index in [4.69, 9.17) is 10.5 Å². The number of benzene rings is 1. The number of nitrogens with one attached hydrogen (secondary N) is 1. The predicted molar refractivity (Wildman–Crippen MR) is 71.5 cm³/mol. The zero-order chi connectivity index (χ0) is 15.9. The molecule has 0 bridgehead atoms. The van der Waals surface area contributed by atoms with E-state index < -0.39 is 22.6 Å². The molecule has 0 aliphatic rings. The third-order valence-corrected chi connectivity index (χ3v) is 3.93. The smallest absolute Gasteiger partial charge is 0.389 e. The van der Waals surface area contributed by atoms with E-state index in [9.17, 15) is 21.6 Å². The molecule has 1 aromatic carbocycles. The summed E-state index contributed by atoms with van der Waals surface area (Å²) in [6.07, 6.45) is -5.62. The maximum atomic E-state index is 11.9. The average Bonchev–Trinajstić information content (AvgIpc) is 2.41. The van der Waals surface area contributed by atoms with Crippen LogP contribution in [0.25, 0.3) is 0 Å². The molecule has 0 unspecified atom stereocenters. The molecular formula is C12H17F3N2O3S. The summed E-state index contributed by atoms with van der Waals surface area (Å²) in [4.78, 5) is -0.0328. The van der Waals surface area contributed by atoms with Crippen LogP contribution in [-0.2, 0) is 10.0 Å². The Kier molecular flexibility index (Phi) is 6.43. The van der Waals surface area contributed by atoms with Gasteiger partial charge in [-0.15, -0.1) is 0 Å². The molecular weight excluding hydrogens is 309 g/mol. The minimum Gasteiger partial charge on any atom is -0.492 e. The Bertz CT molecular complexity index is 530. The number of hydrogen-bond donors (Lipinski definition) is 2. The molecule has 21 heavy (non-hydrogen) atoms. The van der Waals surface area contributed by atoms with E-state index in [-0.39, 0.29) is 17.9 Å². The largest absolute Gasteiger partial charge is 0.492 e. The molecule has 5 nitrogen and oxygen atoms in total. The summed E-state index contributed by atoms with van der Waals surface area (Å²) < 4.78 is 66.8. The summed E-state index contributed by atoms with van der Waals surface area (Å²) in [7, 11) is -3.81. The Hall–Kier alpha value is -1.32. The lowest BCUT2D eigenvalue weighted by Gasteiger charge is -2.09. The molecule has 1 aromatic rings. The van der Waals surface area contributed by atoms with Crippen molar-refractivity contribution in [3.05, 3.63) is 24.3 Å². The Balaban J connectivity index is 2.54. The van der Waals surface area contributed by atoms with Crippen molar-refractivity contribution < 1.29 is 26.3 Å². The molecule has 0 fully saturated rings. The molecule has 9 heteroatoms. The van der Waals surface area contributed by atoms with Crippen molar-refractivity contribution in [1.82, 2.24) is 4.72 Å². The van der Waals surface area contributed by atoms with Gasteiger partial charge in [-0.05, 0) is 30.7 Å². The highest BCUT2D eigenvalue weighted by Gasteiger charge is 2.26. The van der Waals surface area contributed by atoms with Gasteiger partial charge in [-0.2, -0.15) is 13.2 Å². The third-order valence-electron chi connectivity index (χ3n) is 2.45. The van der Waals surface area contributed by atoms with Crippen LogP contribution in [-0.4, -0.2) is 34.3 Å². The number of alkyl halides is 3. The van der Waals surface area contributed by atoms with Gasteiger partial charge in [0.15, 0.2) is 0 Å². The number of halogens is 3. The molecule has 3 N–H and O–H groups in total. The fourth-order valence-corrected chi connectivity index (χ4v) is 2.54. The summed E-state index contributed by atoms with van der Waals surface area (Å²) in [5, 5.41) is 0. The van der Waals surface area contributed by atoms with E-state index in [1.54, 1.807) is 0 Å². The lowest BCUT2D eigenvalue weighted by Crippen LogP contribution is -2.25. The summed E-state index contributed by atoms with van der Waals surface area (Å²) in [6.45, 7) is 0.371. The van der Waals surface area contributed by atoms with E-state index in [0.29, 0.717) is 18.9 Å². The molecule has 0 aromatic heterocycles. The third kappa shape index (κ3) is 6.78. The molecule has 0 atom stereocenters. The SMILES string of the molecule is NCCOc1ccc(S(=O)(=O)NCCCC(F)(F)F)cc1. The van der Waals surface area contributed by atoms with Gasteiger partial charge in [0.25, 0.3) is 0 Å². The summed E-state index contributed by atoms with van der Waals surface area (Å²) >= 11 is 0. The van der Waals surface area contributed by atoms with E-state index in [0.717, 1.165) is 0 Å². The molecule has 0 saturated carbocycles. The molecule has 0 radical (unpaired) electrons. The van der Waals surface area contributed by atoms with Crippen molar-refractivity contribution in [3.8, 4) is 5.75 Å². The van der Waals surface area contributed by atoms with Gasteiger partial charge in [-0.25, -0.2) is 13.1 Å². The minimum atomic E-state index is -4.28. The predicted octanol–water partition coefficient (Wildman–Crippen LogP) is 1.64. The lowest BCUT2D eigenvalue weighted by molar-refractivity contribution is -0.135. The second kappa shape index (κ2) is 7.62. The van der Waals surface area contributed by atoms with Crippen molar-refractivity contribution in [1.29, 1.82) is 0 Å². The van der Waals surface area contributed by atoms with Gasteiger partial charge in [0.1, 0.15) is 12.4 Å². The Labute approximate surface area is 121 Å². The van der Waals surface area contributed by atoms with Gasteiger partial charge in [-0.3, -0.25) is 0 Å². The quantitative estimate of drug-likeness (QED) is 0.712. The van der Waals surface area contributed by atoms with Crippen LogP contribution >= 0.6 is 0 Å². The second-order valence-electron chi connectivity index (χ2n) is 4.23. The molecule has 120 valence electrons. The first-order chi connectivity index (χ1) is 9.74. The Morgan fingerprint density at radius 2 is 1.81 bits per heavy atom. The minimum absolute atomic E-state index is 0.0328. The molecule has 0 heterocycles. The van der Waals surface area contributed by atoms with Crippen LogP contribution in [0.4, 0.5) is 13.2 Å². The monoisotopic (exact) mass is 326 g/mol. The fraction of sp³-hybridized carbons (Fsp3) is 0.500. The lowest BCUT2D eigenvalue weighted by atomic mass is 10.3. The van der Waals surface area contributed by atoms with Crippen LogP contribution < -0.4 is 15.2 Å². The van der Waals surface area contributed by atoms with Gasteiger partial charge < -0.3 is 10.5 Å². The normalized spacial score (nSPS) is 12.4. The van der Waals surface area contributed by atoms with Gasteiger partial charge in [0.2, 0.25) is 10.0 Å². The standard InChI is InChI=1S/C12H17F3N2O3S/c13-12(14,15)6-1-8-17-21(18,19)11-4-2-10(3-5-11)20-9-7-16/h2-5,17H,1,6-9,16H2. The van der Waals surface area contributed by atoms with Gasteiger partial charge in [-0.1, -0.05) is 0 Å².